The number of aliphatic hydroxyl groups excluding tert-OH is 4. The molecular weight excluding hydrogens is 472 g/mol. The van der Waals surface area contributed by atoms with Gasteiger partial charge < -0.3 is 59.5 Å². The lowest BCUT2D eigenvalue weighted by Gasteiger charge is -2.39. The van der Waals surface area contributed by atoms with E-state index in [-0.39, 0.29) is 17.1 Å². The van der Waals surface area contributed by atoms with E-state index in [9.17, 15) is 45.6 Å². The summed E-state index contributed by atoms with van der Waals surface area (Å²) in [5, 5.41) is 80.1. The van der Waals surface area contributed by atoms with Crippen molar-refractivity contribution in [1.82, 2.24) is 0 Å². The summed E-state index contributed by atoms with van der Waals surface area (Å²) < 4.78 is 21.1. The number of hydrogen-bond acceptors (Lipinski definition) is 13. The van der Waals surface area contributed by atoms with Gasteiger partial charge in [0.2, 0.25) is 23.2 Å². The predicted octanol–water partition coefficient (Wildman–Crippen LogP) is -0.530. The molecule has 0 amide bonds. The Morgan fingerprint density at radius 2 is 1.63 bits per heavy atom. The lowest BCUT2D eigenvalue weighted by atomic mass is 9.99. The molecule has 1 saturated heterocycles. The van der Waals surface area contributed by atoms with Crippen molar-refractivity contribution in [1.29, 1.82) is 0 Å². The van der Waals surface area contributed by atoms with Gasteiger partial charge in [-0.1, -0.05) is 0 Å². The molecule has 5 atom stereocenters. The van der Waals surface area contributed by atoms with E-state index in [1.807, 2.05) is 0 Å². The van der Waals surface area contributed by atoms with Crippen LogP contribution in [-0.2, 0) is 4.74 Å². The number of ether oxygens (including phenoxy) is 3. The fourth-order valence-corrected chi connectivity index (χ4v) is 3.70. The fraction of sp³-hybridized carbons (Fsp3) is 0.318. The molecular formula is C22H22O13. The van der Waals surface area contributed by atoms with Crippen LogP contribution in [0.25, 0.3) is 22.3 Å². The minimum absolute atomic E-state index is 0.00332. The highest BCUT2D eigenvalue weighted by molar-refractivity contribution is 5.93. The maximum atomic E-state index is 12.8. The molecule has 188 valence electrons. The molecule has 4 rings (SSSR count). The SMILES string of the molecule is COc1cc(-c2oc3c(O)c(O[C@@H]4OC(CO)[C@H](O)[C@H](O)C4O)cc(O)c3c(=O)c2O)ccc1O. The van der Waals surface area contributed by atoms with Crippen molar-refractivity contribution in [3.8, 4) is 45.8 Å². The molecule has 13 nitrogen and oxygen atoms in total. The Bertz CT molecular complexity index is 1320. The Labute approximate surface area is 195 Å². The van der Waals surface area contributed by atoms with Gasteiger partial charge >= 0.3 is 0 Å². The highest BCUT2D eigenvalue weighted by Gasteiger charge is 2.45. The molecule has 0 saturated carbocycles. The second-order valence-electron chi connectivity index (χ2n) is 7.76. The summed E-state index contributed by atoms with van der Waals surface area (Å²) in [6.45, 7) is -0.729. The highest BCUT2D eigenvalue weighted by atomic mass is 16.7. The number of rotatable bonds is 5. The number of benzene rings is 2. The molecule has 8 N–H and O–H groups in total. The molecule has 3 aromatic rings. The van der Waals surface area contributed by atoms with Crippen molar-refractivity contribution in [3.05, 3.63) is 34.5 Å². The molecule has 1 aromatic heterocycles. The van der Waals surface area contributed by atoms with E-state index in [1.165, 1.54) is 25.3 Å². The summed E-state index contributed by atoms with van der Waals surface area (Å²) in [6, 6.07) is 4.56. The molecule has 0 bridgehead atoms. The van der Waals surface area contributed by atoms with Gasteiger partial charge in [0, 0.05) is 11.6 Å². The van der Waals surface area contributed by atoms with Gasteiger partial charge in [-0.2, -0.15) is 0 Å². The summed E-state index contributed by atoms with van der Waals surface area (Å²) in [6.07, 6.45) is -8.26. The van der Waals surface area contributed by atoms with Gasteiger partial charge in [0.15, 0.2) is 28.6 Å². The van der Waals surface area contributed by atoms with Crippen LogP contribution in [0.1, 0.15) is 0 Å². The third-order valence-electron chi connectivity index (χ3n) is 5.59. The van der Waals surface area contributed by atoms with Crippen LogP contribution in [0.4, 0.5) is 0 Å². The van der Waals surface area contributed by atoms with Crippen LogP contribution < -0.4 is 14.9 Å². The van der Waals surface area contributed by atoms with E-state index in [4.69, 9.17) is 18.6 Å². The van der Waals surface area contributed by atoms with Crippen molar-refractivity contribution in [2.75, 3.05) is 13.7 Å². The van der Waals surface area contributed by atoms with E-state index in [2.05, 4.69) is 0 Å². The lowest BCUT2D eigenvalue weighted by Crippen LogP contribution is -2.60. The van der Waals surface area contributed by atoms with Crippen LogP contribution in [0.3, 0.4) is 0 Å². The minimum Gasteiger partial charge on any atom is -0.507 e. The average Bonchev–Trinajstić information content (AvgIpc) is 2.84. The summed E-state index contributed by atoms with van der Waals surface area (Å²) >= 11 is 0. The second-order valence-corrected chi connectivity index (χ2v) is 7.76. The molecule has 1 fully saturated rings. The van der Waals surface area contributed by atoms with Crippen LogP contribution in [0.2, 0.25) is 0 Å². The maximum Gasteiger partial charge on any atom is 0.238 e. The van der Waals surface area contributed by atoms with Crippen LogP contribution in [0, 0.1) is 0 Å². The zero-order valence-electron chi connectivity index (χ0n) is 18.0. The fourth-order valence-electron chi connectivity index (χ4n) is 3.70. The van der Waals surface area contributed by atoms with Crippen LogP contribution >= 0.6 is 0 Å². The van der Waals surface area contributed by atoms with E-state index in [0.29, 0.717) is 0 Å². The van der Waals surface area contributed by atoms with Crippen molar-refractivity contribution in [2.45, 2.75) is 30.7 Å². The summed E-state index contributed by atoms with van der Waals surface area (Å²) in [7, 11) is 1.28. The summed E-state index contributed by atoms with van der Waals surface area (Å²) in [4.78, 5) is 12.8. The largest absolute Gasteiger partial charge is 0.507 e. The highest BCUT2D eigenvalue weighted by Crippen LogP contribution is 2.44. The Kier molecular flexibility index (Phi) is 6.36. The standard InChI is InChI=1S/C22H22O13/c1-32-10-4-7(2-3-8(10)24)20-18(30)16(28)13-9(25)5-11(15(27)21(13)35-20)33-22-19(31)17(29)14(26)12(6-23)34-22/h2-5,12,14,17,19,22-27,29-31H,6H2,1H3/t12?,14-,17-,19?,22+/m0/s1. The van der Waals surface area contributed by atoms with E-state index in [1.54, 1.807) is 0 Å². The van der Waals surface area contributed by atoms with Crippen molar-refractivity contribution < 1.29 is 59.5 Å². The predicted molar refractivity (Wildman–Crippen MR) is 116 cm³/mol. The molecule has 2 heterocycles. The third kappa shape index (κ3) is 4.05. The quantitative estimate of drug-likeness (QED) is 0.209. The zero-order valence-corrected chi connectivity index (χ0v) is 18.0. The van der Waals surface area contributed by atoms with Gasteiger partial charge in [-0.3, -0.25) is 4.79 Å². The Morgan fingerprint density at radius 1 is 0.914 bits per heavy atom. The second kappa shape index (κ2) is 9.13. The first-order valence-corrected chi connectivity index (χ1v) is 10.2. The number of aromatic hydroxyl groups is 4. The Balaban J connectivity index is 1.83. The van der Waals surface area contributed by atoms with Crippen molar-refractivity contribution in [2.24, 2.45) is 0 Å². The molecule has 0 aliphatic carbocycles. The number of phenols is 3. The van der Waals surface area contributed by atoms with E-state index >= 15 is 0 Å². The first-order valence-electron chi connectivity index (χ1n) is 10.2. The zero-order chi connectivity index (χ0) is 25.6. The van der Waals surface area contributed by atoms with Crippen LogP contribution in [-0.4, -0.2) is 85.3 Å². The lowest BCUT2D eigenvalue weighted by molar-refractivity contribution is -0.277. The van der Waals surface area contributed by atoms with Crippen molar-refractivity contribution in [3.63, 3.8) is 0 Å². The molecule has 2 unspecified atom stereocenters. The molecule has 0 radical (unpaired) electrons. The smallest absolute Gasteiger partial charge is 0.238 e. The molecule has 0 spiro atoms. The normalized spacial score (nSPS) is 24.4. The Hall–Kier alpha value is -3.75. The number of methoxy groups -OCH3 is 1. The van der Waals surface area contributed by atoms with Crippen LogP contribution in [0.15, 0.2) is 33.5 Å². The Morgan fingerprint density at radius 3 is 2.29 bits per heavy atom. The number of hydrogen-bond donors (Lipinski definition) is 8. The van der Waals surface area contributed by atoms with Gasteiger partial charge in [0.05, 0.1) is 13.7 Å². The van der Waals surface area contributed by atoms with E-state index < -0.39 is 82.5 Å². The summed E-state index contributed by atoms with van der Waals surface area (Å²) in [5.74, 6) is -3.72. The topological polar surface area (TPSA) is 220 Å². The third-order valence-corrected chi connectivity index (χ3v) is 5.59. The number of aliphatic hydroxyl groups is 4. The molecule has 2 aromatic carbocycles. The van der Waals surface area contributed by atoms with Gasteiger partial charge in [0.1, 0.15) is 35.6 Å². The van der Waals surface area contributed by atoms with Gasteiger partial charge in [-0.15, -0.1) is 0 Å². The molecule has 13 heteroatoms. The molecule has 35 heavy (non-hydrogen) atoms. The summed E-state index contributed by atoms with van der Waals surface area (Å²) in [5.41, 5.74) is -1.62. The van der Waals surface area contributed by atoms with Gasteiger partial charge in [-0.05, 0) is 18.2 Å². The first-order chi connectivity index (χ1) is 16.6. The first kappa shape index (κ1) is 24.4. The molecule has 1 aliphatic heterocycles. The number of phenolic OH excluding ortho intramolecular Hbond substituents is 3. The van der Waals surface area contributed by atoms with Crippen molar-refractivity contribution >= 4 is 11.0 Å². The average molecular weight is 494 g/mol. The minimum atomic E-state index is -1.82. The van der Waals surface area contributed by atoms with Crippen LogP contribution in [0.5, 0.6) is 34.5 Å². The van der Waals surface area contributed by atoms with Gasteiger partial charge in [0.25, 0.3) is 0 Å². The number of fused-ring (bicyclic) bond motifs is 1. The molecule has 1 aliphatic rings. The van der Waals surface area contributed by atoms with Gasteiger partial charge in [-0.25, -0.2) is 0 Å². The van der Waals surface area contributed by atoms with E-state index in [0.717, 1.165) is 6.07 Å². The monoisotopic (exact) mass is 494 g/mol. The maximum absolute atomic E-state index is 12.8.